The van der Waals surface area contributed by atoms with Gasteiger partial charge in [0.2, 0.25) is 0 Å². The van der Waals surface area contributed by atoms with Crippen molar-refractivity contribution in [1.82, 2.24) is 0 Å². The van der Waals surface area contributed by atoms with Crippen molar-refractivity contribution in [2.24, 2.45) is 5.16 Å². The van der Waals surface area contributed by atoms with Gasteiger partial charge in [-0.25, -0.2) is 0 Å². The maximum atomic E-state index is 9.86. The van der Waals surface area contributed by atoms with Crippen molar-refractivity contribution in [3.8, 4) is 11.5 Å². The second kappa shape index (κ2) is 5.91. The van der Waals surface area contributed by atoms with Crippen LogP contribution in [0.5, 0.6) is 11.5 Å². The molecule has 0 spiro atoms. The molecule has 0 unspecified atom stereocenters. The summed E-state index contributed by atoms with van der Waals surface area (Å²) in [5.74, 6) is 0.659. The van der Waals surface area contributed by atoms with Crippen LogP contribution in [0.1, 0.15) is 11.1 Å². The summed E-state index contributed by atoms with van der Waals surface area (Å²) in [6.45, 7) is 0. The van der Waals surface area contributed by atoms with E-state index in [1.807, 2.05) is 30.3 Å². The Morgan fingerprint density at radius 1 is 1.16 bits per heavy atom. The quantitative estimate of drug-likeness (QED) is 0.503. The van der Waals surface area contributed by atoms with Crippen LogP contribution in [-0.2, 0) is 6.42 Å². The molecule has 2 aromatic carbocycles. The number of phenolic OH excluding ortho intramolecular Hbond substituents is 1. The molecule has 0 saturated carbocycles. The number of hydrogen-bond acceptors (Lipinski definition) is 4. The molecule has 0 bridgehead atoms. The lowest BCUT2D eigenvalue weighted by atomic mass is 10.0. The third-order valence-electron chi connectivity index (χ3n) is 2.85. The van der Waals surface area contributed by atoms with Crippen molar-refractivity contribution in [3.05, 3.63) is 59.7 Å². The third kappa shape index (κ3) is 3.04. The van der Waals surface area contributed by atoms with E-state index < -0.39 is 0 Å². The van der Waals surface area contributed by atoms with Gasteiger partial charge >= 0.3 is 0 Å². The number of rotatable bonds is 4. The minimum atomic E-state index is 0.0598. The molecule has 19 heavy (non-hydrogen) atoms. The number of nitrogens with zero attached hydrogens (tertiary/aromatic N) is 1. The van der Waals surface area contributed by atoms with Gasteiger partial charge in [0.1, 0.15) is 11.5 Å². The molecule has 4 heteroatoms. The van der Waals surface area contributed by atoms with Crippen molar-refractivity contribution in [1.29, 1.82) is 0 Å². The zero-order chi connectivity index (χ0) is 13.7. The second-order valence-electron chi connectivity index (χ2n) is 4.09. The normalized spacial score (nSPS) is 11.3. The van der Waals surface area contributed by atoms with E-state index in [1.54, 1.807) is 19.2 Å². The van der Waals surface area contributed by atoms with Gasteiger partial charge in [0, 0.05) is 12.0 Å². The van der Waals surface area contributed by atoms with Crippen LogP contribution in [0.15, 0.2) is 53.7 Å². The summed E-state index contributed by atoms with van der Waals surface area (Å²) in [7, 11) is 1.54. The van der Waals surface area contributed by atoms with Crippen LogP contribution in [0.25, 0.3) is 0 Å². The molecule has 2 N–H and O–H groups in total. The Bertz CT molecular complexity index is 579. The van der Waals surface area contributed by atoms with Crippen molar-refractivity contribution in [2.45, 2.75) is 6.42 Å². The molecule has 0 aromatic heterocycles. The van der Waals surface area contributed by atoms with Gasteiger partial charge in [-0.05, 0) is 23.8 Å². The molecule has 0 heterocycles. The van der Waals surface area contributed by atoms with Crippen LogP contribution < -0.4 is 4.74 Å². The molecule has 4 nitrogen and oxygen atoms in total. The average molecular weight is 257 g/mol. The number of phenols is 1. The Kier molecular flexibility index (Phi) is 4.03. The molecule has 0 saturated heterocycles. The first-order valence-electron chi connectivity index (χ1n) is 5.87. The maximum absolute atomic E-state index is 9.86. The molecule has 2 rings (SSSR count). The van der Waals surface area contributed by atoms with E-state index in [2.05, 4.69) is 5.16 Å². The summed E-state index contributed by atoms with van der Waals surface area (Å²) < 4.78 is 5.11. The molecule has 98 valence electrons. The summed E-state index contributed by atoms with van der Waals surface area (Å²) in [5, 5.41) is 22.3. The highest BCUT2D eigenvalue weighted by Gasteiger charge is 2.12. The molecule has 0 fully saturated rings. The van der Waals surface area contributed by atoms with E-state index in [1.165, 1.54) is 6.07 Å². The van der Waals surface area contributed by atoms with Crippen LogP contribution in [0.3, 0.4) is 0 Å². The van der Waals surface area contributed by atoms with Gasteiger partial charge in [0.25, 0.3) is 0 Å². The van der Waals surface area contributed by atoms with E-state index in [4.69, 9.17) is 9.94 Å². The van der Waals surface area contributed by atoms with Gasteiger partial charge in [0.05, 0.1) is 12.8 Å². The zero-order valence-corrected chi connectivity index (χ0v) is 10.6. The van der Waals surface area contributed by atoms with Crippen LogP contribution in [0.4, 0.5) is 0 Å². The largest absolute Gasteiger partial charge is 0.507 e. The fourth-order valence-corrected chi connectivity index (χ4v) is 1.85. The van der Waals surface area contributed by atoms with E-state index in [9.17, 15) is 5.11 Å². The molecule has 0 amide bonds. The maximum Gasteiger partial charge on any atom is 0.125 e. The van der Waals surface area contributed by atoms with Crippen LogP contribution >= 0.6 is 0 Å². The SMILES string of the molecule is COc1ccc(O)c(/C(Cc2ccccc2)=N\O)c1. The molecule has 0 aliphatic rings. The Morgan fingerprint density at radius 3 is 2.53 bits per heavy atom. The highest BCUT2D eigenvalue weighted by molar-refractivity contribution is 6.03. The van der Waals surface area contributed by atoms with Crippen molar-refractivity contribution >= 4 is 5.71 Å². The Hall–Kier alpha value is -2.49. The van der Waals surface area contributed by atoms with Gasteiger partial charge in [-0.2, -0.15) is 0 Å². The van der Waals surface area contributed by atoms with Gasteiger partial charge in [-0.3, -0.25) is 0 Å². The van der Waals surface area contributed by atoms with Crippen LogP contribution in [0, 0.1) is 0 Å². The topological polar surface area (TPSA) is 62.0 Å². The van der Waals surface area contributed by atoms with Gasteiger partial charge in [-0.15, -0.1) is 0 Å². The van der Waals surface area contributed by atoms with Gasteiger partial charge in [-0.1, -0.05) is 35.5 Å². The Labute approximate surface area is 111 Å². The summed E-state index contributed by atoms with van der Waals surface area (Å²) in [5.41, 5.74) is 1.85. The van der Waals surface area contributed by atoms with Crippen molar-refractivity contribution in [3.63, 3.8) is 0 Å². The standard InChI is InChI=1S/C15H15NO3/c1-19-12-7-8-15(17)13(10-12)14(16-18)9-11-5-3-2-4-6-11/h2-8,10,17-18H,9H2,1H3/b16-14-. The smallest absolute Gasteiger partial charge is 0.125 e. The molecule has 0 aliphatic heterocycles. The first-order chi connectivity index (χ1) is 9.24. The highest BCUT2D eigenvalue weighted by Crippen LogP contribution is 2.24. The van der Waals surface area contributed by atoms with Gasteiger partial charge < -0.3 is 15.1 Å². The first kappa shape index (κ1) is 13.0. The predicted octanol–water partition coefficient (Wildman–Crippen LogP) is 2.82. The van der Waals surface area contributed by atoms with E-state index in [0.717, 1.165) is 5.56 Å². The lowest BCUT2D eigenvalue weighted by molar-refractivity contribution is 0.318. The third-order valence-corrected chi connectivity index (χ3v) is 2.85. The minimum absolute atomic E-state index is 0.0598. The van der Waals surface area contributed by atoms with Crippen molar-refractivity contribution in [2.75, 3.05) is 7.11 Å². The van der Waals surface area contributed by atoms with Crippen molar-refractivity contribution < 1.29 is 15.1 Å². The minimum Gasteiger partial charge on any atom is -0.507 e. The van der Waals surface area contributed by atoms with E-state index in [-0.39, 0.29) is 5.75 Å². The second-order valence-corrected chi connectivity index (χ2v) is 4.09. The number of benzene rings is 2. The Morgan fingerprint density at radius 2 is 1.89 bits per heavy atom. The summed E-state index contributed by atoms with van der Waals surface area (Å²) in [6, 6.07) is 14.4. The number of aromatic hydroxyl groups is 1. The molecule has 0 radical (unpaired) electrons. The van der Waals surface area contributed by atoms with Crippen LogP contribution in [-0.4, -0.2) is 23.1 Å². The number of hydrogen-bond donors (Lipinski definition) is 2. The predicted molar refractivity (Wildman–Crippen MR) is 73.1 cm³/mol. The van der Waals surface area contributed by atoms with Gasteiger partial charge in [0.15, 0.2) is 0 Å². The lowest BCUT2D eigenvalue weighted by Gasteiger charge is -2.09. The van der Waals surface area contributed by atoms with Crippen LogP contribution in [0.2, 0.25) is 0 Å². The average Bonchev–Trinajstić information content (AvgIpc) is 2.47. The molecular weight excluding hydrogens is 242 g/mol. The Balaban J connectivity index is 2.33. The molecule has 0 aliphatic carbocycles. The monoisotopic (exact) mass is 257 g/mol. The zero-order valence-electron chi connectivity index (χ0n) is 10.6. The first-order valence-corrected chi connectivity index (χ1v) is 5.87. The summed E-state index contributed by atoms with van der Waals surface area (Å²) in [4.78, 5) is 0. The van der Waals surface area contributed by atoms with E-state index in [0.29, 0.717) is 23.4 Å². The molecule has 2 aromatic rings. The molecule has 0 atom stereocenters. The summed E-state index contributed by atoms with van der Waals surface area (Å²) >= 11 is 0. The number of methoxy groups -OCH3 is 1. The summed E-state index contributed by atoms with van der Waals surface area (Å²) in [6.07, 6.45) is 0.429. The molecular formula is C15H15NO3. The highest BCUT2D eigenvalue weighted by atomic mass is 16.5. The van der Waals surface area contributed by atoms with E-state index >= 15 is 0 Å². The number of oxime groups is 1. The fourth-order valence-electron chi connectivity index (χ4n) is 1.85. The lowest BCUT2D eigenvalue weighted by Crippen LogP contribution is -2.06. The fraction of sp³-hybridized carbons (Fsp3) is 0.133. The number of ether oxygens (including phenoxy) is 1.